The minimum Gasteiger partial charge on any atom is -0.480 e. The maximum atomic E-state index is 10.9. The van der Waals surface area contributed by atoms with E-state index in [4.69, 9.17) is 15.3 Å². The van der Waals surface area contributed by atoms with Gasteiger partial charge in [-0.05, 0) is 25.7 Å². The van der Waals surface area contributed by atoms with Gasteiger partial charge in [0, 0.05) is 0 Å². The van der Waals surface area contributed by atoms with Crippen LogP contribution in [-0.4, -0.2) is 46.1 Å². The molecule has 82 valence electrons. The van der Waals surface area contributed by atoms with Gasteiger partial charge in [0.2, 0.25) is 0 Å². The molecular weight excluding hydrogens is 186 g/mol. The highest BCUT2D eigenvalue weighted by atomic mass is 16.4. The predicted molar refractivity (Wildman–Crippen MR) is 49.9 cm³/mol. The largest absolute Gasteiger partial charge is 0.480 e. The zero-order valence-electron chi connectivity index (χ0n) is 8.23. The Morgan fingerprint density at radius 2 is 2.00 bits per heavy atom. The molecule has 0 aromatic rings. The summed E-state index contributed by atoms with van der Waals surface area (Å²) in [7, 11) is 0. The van der Waals surface area contributed by atoms with Gasteiger partial charge in [-0.15, -0.1) is 0 Å². The summed E-state index contributed by atoms with van der Waals surface area (Å²) in [6.07, 6.45) is 1.80. The van der Waals surface area contributed by atoms with E-state index in [1.165, 1.54) is 0 Å². The molecule has 1 aliphatic carbocycles. The average molecular weight is 203 g/mol. The molecule has 1 unspecified atom stereocenters. The van der Waals surface area contributed by atoms with E-state index in [9.17, 15) is 4.79 Å². The van der Waals surface area contributed by atoms with E-state index in [0.717, 1.165) is 12.8 Å². The maximum Gasteiger partial charge on any atom is 0.321 e. The lowest BCUT2D eigenvalue weighted by atomic mass is 10.0. The van der Waals surface area contributed by atoms with Crippen molar-refractivity contribution in [3.05, 3.63) is 0 Å². The highest BCUT2D eigenvalue weighted by Crippen LogP contribution is 2.33. The lowest BCUT2D eigenvalue weighted by Crippen LogP contribution is -2.56. The molecule has 1 saturated carbocycles. The molecule has 14 heavy (non-hydrogen) atoms. The van der Waals surface area contributed by atoms with Crippen LogP contribution in [0.3, 0.4) is 0 Å². The summed E-state index contributed by atoms with van der Waals surface area (Å²) in [6, 6.07) is -0.653. The van der Waals surface area contributed by atoms with Gasteiger partial charge in [0.15, 0.2) is 0 Å². The number of hydrogen-bond acceptors (Lipinski definition) is 4. The summed E-state index contributed by atoms with van der Waals surface area (Å²) in [5.41, 5.74) is -0.911. The van der Waals surface area contributed by atoms with Crippen LogP contribution in [0.1, 0.15) is 19.8 Å². The summed E-state index contributed by atoms with van der Waals surface area (Å²) in [6.45, 7) is 1.05. The van der Waals surface area contributed by atoms with Gasteiger partial charge in [-0.25, -0.2) is 0 Å². The number of aliphatic hydroxyl groups is 2. The smallest absolute Gasteiger partial charge is 0.321 e. The molecular formula is C9H17NO4. The SMILES string of the molecule is CC(CO)(CO)NC(C(=O)O)C1CC1. The first kappa shape index (κ1) is 11.4. The summed E-state index contributed by atoms with van der Waals surface area (Å²) < 4.78 is 0. The van der Waals surface area contributed by atoms with Crippen molar-refractivity contribution in [2.45, 2.75) is 31.3 Å². The van der Waals surface area contributed by atoms with Gasteiger partial charge in [0.05, 0.1) is 18.8 Å². The molecule has 5 nitrogen and oxygen atoms in total. The number of rotatable bonds is 6. The zero-order valence-corrected chi connectivity index (χ0v) is 8.23. The minimum absolute atomic E-state index is 0.143. The minimum atomic E-state index is -0.916. The van der Waals surface area contributed by atoms with Crippen molar-refractivity contribution < 1.29 is 20.1 Å². The quantitative estimate of drug-likeness (QED) is 0.453. The van der Waals surface area contributed by atoms with E-state index in [-0.39, 0.29) is 19.1 Å². The van der Waals surface area contributed by atoms with Crippen molar-refractivity contribution in [1.82, 2.24) is 5.32 Å². The topological polar surface area (TPSA) is 89.8 Å². The van der Waals surface area contributed by atoms with Crippen LogP contribution in [0.15, 0.2) is 0 Å². The second-order valence-electron chi connectivity index (χ2n) is 4.17. The lowest BCUT2D eigenvalue weighted by Gasteiger charge is -2.30. The Morgan fingerprint density at radius 3 is 2.29 bits per heavy atom. The van der Waals surface area contributed by atoms with Gasteiger partial charge in [-0.2, -0.15) is 0 Å². The lowest BCUT2D eigenvalue weighted by molar-refractivity contribution is -0.141. The van der Waals surface area contributed by atoms with Gasteiger partial charge in [-0.3, -0.25) is 10.1 Å². The van der Waals surface area contributed by atoms with Gasteiger partial charge >= 0.3 is 5.97 Å². The monoisotopic (exact) mass is 203 g/mol. The van der Waals surface area contributed by atoms with Crippen molar-refractivity contribution >= 4 is 5.97 Å². The van der Waals surface area contributed by atoms with Crippen molar-refractivity contribution in [1.29, 1.82) is 0 Å². The number of carboxylic acids is 1. The third kappa shape index (κ3) is 2.67. The molecule has 4 N–H and O–H groups in total. The van der Waals surface area contributed by atoms with E-state index >= 15 is 0 Å². The number of nitrogens with one attached hydrogen (secondary N) is 1. The number of carbonyl (C=O) groups is 1. The molecule has 0 bridgehead atoms. The molecule has 0 heterocycles. The molecule has 0 saturated heterocycles. The van der Waals surface area contributed by atoms with Crippen molar-refractivity contribution in [2.75, 3.05) is 13.2 Å². The molecule has 0 aromatic heterocycles. The molecule has 5 heteroatoms. The third-order valence-corrected chi connectivity index (χ3v) is 2.56. The van der Waals surface area contributed by atoms with E-state index in [1.807, 2.05) is 0 Å². The van der Waals surface area contributed by atoms with Gasteiger partial charge in [0.25, 0.3) is 0 Å². The predicted octanol–water partition coefficient (Wildman–Crippen LogP) is -0.818. The Hall–Kier alpha value is -0.650. The Bertz CT molecular complexity index is 211. The first-order valence-corrected chi connectivity index (χ1v) is 4.74. The molecule has 0 radical (unpaired) electrons. The Balaban J connectivity index is 2.57. The summed E-state index contributed by atoms with van der Waals surface area (Å²) >= 11 is 0. The van der Waals surface area contributed by atoms with Crippen molar-refractivity contribution in [3.8, 4) is 0 Å². The molecule has 0 spiro atoms. The fourth-order valence-corrected chi connectivity index (χ4v) is 1.33. The zero-order chi connectivity index (χ0) is 10.8. The van der Waals surface area contributed by atoms with E-state index in [2.05, 4.69) is 5.32 Å². The molecule has 0 aliphatic heterocycles. The molecule has 1 atom stereocenters. The fourth-order valence-electron chi connectivity index (χ4n) is 1.33. The average Bonchev–Trinajstić information content (AvgIpc) is 2.97. The van der Waals surface area contributed by atoms with Crippen LogP contribution in [0.2, 0.25) is 0 Å². The van der Waals surface area contributed by atoms with Crippen LogP contribution in [-0.2, 0) is 4.79 Å². The van der Waals surface area contributed by atoms with Gasteiger partial charge in [0.1, 0.15) is 6.04 Å². The number of aliphatic carboxylic acids is 1. The fraction of sp³-hybridized carbons (Fsp3) is 0.889. The van der Waals surface area contributed by atoms with E-state index in [1.54, 1.807) is 6.92 Å². The Kier molecular flexibility index (Phi) is 3.47. The number of hydrogen-bond donors (Lipinski definition) is 4. The highest BCUT2D eigenvalue weighted by molar-refractivity contribution is 5.74. The third-order valence-electron chi connectivity index (χ3n) is 2.56. The first-order chi connectivity index (χ1) is 6.52. The normalized spacial score (nSPS) is 19.4. The maximum absolute atomic E-state index is 10.9. The first-order valence-electron chi connectivity index (χ1n) is 4.74. The molecule has 0 amide bonds. The highest BCUT2D eigenvalue weighted by Gasteiger charge is 2.40. The van der Waals surface area contributed by atoms with Gasteiger partial charge < -0.3 is 15.3 Å². The number of aliphatic hydroxyl groups excluding tert-OH is 2. The standard InChI is InChI=1S/C9H17NO4/c1-9(4-11,5-12)10-7(8(13)14)6-2-3-6/h6-7,10-12H,2-5H2,1H3,(H,13,14). The summed E-state index contributed by atoms with van der Waals surface area (Å²) in [5.74, 6) is -0.773. The molecule has 1 rings (SSSR count). The summed E-state index contributed by atoms with van der Waals surface area (Å²) in [5, 5.41) is 29.7. The van der Waals surface area contributed by atoms with Crippen LogP contribution >= 0.6 is 0 Å². The van der Waals surface area contributed by atoms with Crippen LogP contribution in [0.25, 0.3) is 0 Å². The van der Waals surface area contributed by atoms with Crippen molar-refractivity contribution in [2.24, 2.45) is 5.92 Å². The van der Waals surface area contributed by atoms with Crippen LogP contribution in [0, 0.1) is 5.92 Å². The van der Waals surface area contributed by atoms with Crippen LogP contribution in [0.5, 0.6) is 0 Å². The second-order valence-corrected chi connectivity index (χ2v) is 4.17. The van der Waals surface area contributed by atoms with Gasteiger partial charge in [-0.1, -0.05) is 0 Å². The van der Waals surface area contributed by atoms with E-state index < -0.39 is 17.6 Å². The molecule has 1 fully saturated rings. The number of carboxylic acid groups (broad SMARTS) is 1. The van der Waals surface area contributed by atoms with Crippen LogP contribution < -0.4 is 5.32 Å². The molecule has 0 aromatic carbocycles. The Labute approximate surface area is 82.7 Å². The van der Waals surface area contributed by atoms with Crippen LogP contribution in [0.4, 0.5) is 0 Å². The molecule has 1 aliphatic rings. The Morgan fingerprint density at radius 1 is 1.50 bits per heavy atom. The van der Waals surface area contributed by atoms with Crippen molar-refractivity contribution in [3.63, 3.8) is 0 Å². The van der Waals surface area contributed by atoms with E-state index in [0.29, 0.717) is 0 Å². The summed E-state index contributed by atoms with van der Waals surface area (Å²) in [4.78, 5) is 10.9. The second kappa shape index (κ2) is 4.25.